The number of amides is 1. The molecule has 0 spiro atoms. The van der Waals surface area contributed by atoms with Crippen LogP contribution < -0.4 is 10.6 Å². The maximum absolute atomic E-state index is 12.8. The van der Waals surface area contributed by atoms with Gasteiger partial charge >= 0.3 is 0 Å². The van der Waals surface area contributed by atoms with E-state index < -0.39 is 36.8 Å². The first-order chi connectivity index (χ1) is 13.7. The number of sulfonamides is 1. The van der Waals surface area contributed by atoms with Crippen molar-refractivity contribution in [2.75, 3.05) is 36.0 Å². The summed E-state index contributed by atoms with van der Waals surface area (Å²) < 4.78 is 51.8. The minimum absolute atomic E-state index is 0.0526. The molecule has 2 rings (SSSR count). The first kappa shape index (κ1) is 23.6. The minimum atomic E-state index is -3.70. The lowest BCUT2D eigenvalue weighted by molar-refractivity contribution is -0.113. The van der Waals surface area contributed by atoms with E-state index in [0.29, 0.717) is 38.2 Å². The third-order valence-electron chi connectivity index (χ3n) is 5.12. The van der Waals surface area contributed by atoms with Crippen LogP contribution >= 0.6 is 0 Å². The quantitative estimate of drug-likeness (QED) is 0.572. The molecule has 0 atom stereocenters. The zero-order valence-electron chi connectivity index (χ0n) is 17.3. The summed E-state index contributed by atoms with van der Waals surface area (Å²) >= 11 is 0. The van der Waals surface area contributed by atoms with Crippen LogP contribution in [0, 0.1) is 0 Å². The van der Waals surface area contributed by atoms with Crippen LogP contribution in [0.1, 0.15) is 46.5 Å². The molecule has 1 aliphatic rings. The molecule has 8 nitrogen and oxygen atoms in total. The Kier molecular flexibility index (Phi) is 8.07. The van der Waals surface area contributed by atoms with Crippen LogP contribution in [0.2, 0.25) is 0 Å². The first-order valence-electron chi connectivity index (χ1n) is 10.0. The fourth-order valence-corrected chi connectivity index (χ4v) is 6.79. The fourth-order valence-electron chi connectivity index (χ4n) is 3.58. The highest BCUT2D eigenvalue weighted by Gasteiger charge is 2.31. The lowest BCUT2D eigenvalue weighted by Crippen LogP contribution is -2.31. The Morgan fingerprint density at radius 3 is 2.21 bits per heavy atom. The van der Waals surface area contributed by atoms with Crippen LogP contribution in [0.15, 0.2) is 23.1 Å². The second kappa shape index (κ2) is 9.90. The van der Waals surface area contributed by atoms with E-state index >= 15 is 0 Å². The lowest BCUT2D eigenvalue weighted by atomic mass is 10.2. The Bertz CT molecular complexity index is 919. The summed E-state index contributed by atoms with van der Waals surface area (Å²) in [5.41, 5.74) is 0.796. The molecule has 0 aromatic heterocycles. The summed E-state index contributed by atoms with van der Waals surface area (Å²) in [5.74, 6) is -1.26. The Balaban J connectivity index is 2.28. The van der Waals surface area contributed by atoms with Crippen molar-refractivity contribution < 1.29 is 21.6 Å². The summed E-state index contributed by atoms with van der Waals surface area (Å²) in [7, 11) is -7.23. The molecule has 1 amide bonds. The van der Waals surface area contributed by atoms with Crippen molar-refractivity contribution in [1.29, 1.82) is 0 Å². The van der Waals surface area contributed by atoms with Gasteiger partial charge in [0.2, 0.25) is 15.9 Å². The van der Waals surface area contributed by atoms with Gasteiger partial charge in [0, 0.05) is 19.6 Å². The van der Waals surface area contributed by atoms with Gasteiger partial charge in [0.15, 0.2) is 9.84 Å². The third-order valence-corrected chi connectivity index (χ3v) is 9.32. The van der Waals surface area contributed by atoms with Crippen LogP contribution in [0.4, 0.5) is 11.4 Å². The standard InChI is InChI=1S/C19H31N3O5S2/c1-4-20-17-12-11-16(29(26,27)22(5-2)6-3)13-18(17)21-19(23)14-28(24,25)15-9-7-8-10-15/h11-13,15,20H,4-10,14H2,1-3H3,(H,21,23). The number of benzene rings is 1. The normalized spacial score (nSPS) is 15.6. The maximum atomic E-state index is 12.8. The Hall–Kier alpha value is -1.65. The highest BCUT2D eigenvalue weighted by molar-refractivity contribution is 7.92. The molecule has 0 heterocycles. The molecule has 0 bridgehead atoms. The molecule has 2 N–H and O–H groups in total. The molecule has 10 heteroatoms. The van der Waals surface area contributed by atoms with Crippen molar-refractivity contribution in [1.82, 2.24) is 4.31 Å². The average molecular weight is 446 g/mol. The molecule has 1 aliphatic carbocycles. The Morgan fingerprint density at radius 2 is 1.66 bits per heavy atom. The third kappa shape index (κ3) is 5.70. The van der Waals surface area contributed by atoms with Crippen molar-refractivity contribution in [3.8, 4) is 0 Å². The molecule has 0 unspecified atom stereocenters. The van der Waals surface area contributed by atoms with Crippen molar-refractivity contribution in [2.24, 2.45) is 0 Å². The summed E-state index contributed by atoms with van der Waals surface area (Å²) in [5, 5.41) is 5.20. The fraction of sp³-hybridized carbons (Fsp3) is 0.632. The van der Waals surface area contributed by atoms with Gasteiger partial charge < -0.3 is 10.6 Å². The van der Waals surface area contributed by atoms with Gasteiger partial charge in [-0.15, -0.1) is 0 Å². The molecule has 1 aromatic carbocycles. The van der Waals surface area contributed by atoms with E-state index in [4.69, 9.17) is 0 Å². The zero-order valence-corrected chi connectivity index (χ0v) is 18.9. The molecule has 29 heavy (non-hydrogen) atoms. The predicted molar refractivity (Wildman–Crippen MR) is 115 cm³/mol. The first-order valence-corrected chi connectivity index (χ1v) is 13.2. The van der Waals surface area contributed by atoms with E-state index in [1.54, 1.807) is 19.9 Å². The number of carbonyl (C=O) groups excluding carboxylic acids is 1. The summed E-state index contributed by atoms with van der Waals surface area (Å²) in [6.45, 7) is 6.60. The lowest BCUT2D eigenvalue weighted by Gasteiger charge is -2.20. The molecule has 1 saturated carbocycles. The maximum Gasteiger partial charge on any atom is 0.243 e. The molecular weight excluding hydrogens is 414 g/mol. The summed E-state index contributed by atoms with van der Waals surface area (Å²) in [6, 6.07) is 4.45. The average Bonchev–Trinajstić information content (AvgIpc) is 3.19. The largest absolute Gasteiger partial charge is 0.384 e. The number of anilines is 2. The van der Waals surface area contributed by atoms with Gasteiger partial charge in [-0.2, -0.15) is 4.31 Å². The van der Waals surface area contributed by atoms with Crippen LogP contribution in [0.25, 0.3) is 0 Å². The van der Waals surface area contributed by atoms with Crippen molar-refractivity contribution in [2.45, 2.75) is 56.6 Å². The molecule has 0 aliphatic heterocycles. The van der Waals surface area contributed by atoms with Crippen molar-refractivity contribution in [3.05, 3.63) is 18.2 Å². The number of hydrogen-bond acceptors (Lipinski definition) is 6. The predicted octanol–water partition coefficient (Wildman–Crippen LogP) is 2.44. The molecule has 1 aromatic rings. The summed E-state index contributed by atoms with van der Waals surface area (Å²) in [6.07, 6.45) is 2.91. The monoisotopic (exact) mass is 445 g/mol. The van der Waals surface area contributed by atoms with Gasteiger partial charge in [-0.05, 0) is 38.0 Å². The van der Waals surface area contributed by atoms with E-state index in [1.807, 2.05) is 6.92 Å². The highest BCUT2D eigenvalue weighted by atomic mass is 32.2. The van der Waals surface area contributed by atoms with Crippen molar-refractivity contribution >= 4 is 37.1 Å². The highest BCUT2D eigenvalue weighted by Crippen LogP contribution is 2.28. The molecule has 0 saturated heterocycles. The SMILES string of the molecule is CCNc1ccc(S(=O)(=O)N(CC)CC)cc1NC(=O)CS(=O)(=O)C1CCCC1. The smallest absolute Gasteiger partial charge is 0.243 e. The van der Waals surface area contributed by atoms with Gasteiger partial charge in [0.1, 0.15) is 5.75 Å². The van der Waals surface area contributed by atoms with Crippen molar-refractivity contribution in [3.63, 3.8) is 0 Å². The number of sulfone groups is 1. The van der Waals surface area contributed by atoms with E-state index in [9.17, 15) is 21.6 Å². The number of hydrogen-bond donors (Lipinski definition) is 2. The van der Waals surface area contributed by atoms with Crippen LogP contribution in [-0.2, 0) is 24.7 Å². The second-order valence-electron chi connectivity index (χ2n) is 7.09. The van der Waals surface area contributed by atoms with E-state index in [2.05, 4.69) is 10.6 Å². The number of nitrogens with one attached hydrogen (secondary N) is 2. The van der Waals surface area contributed by atoms with Gasteiger partial charge in [0.05, 0.1) is 21.5 Å². The van der Waals surface area contributed by atoms with Gasteiger partial charge in [-0.3, -0.25) is 4.79 Å². The minimum Gasteiger partial charge on any atom is -0.384 e. The summed E-state index contributed by atoms with van der Waals surface area (Å²) in [4.78, 5) is 12.5. The number of rotatable bonds is 10. The number of carbonyl (C=O) groups is 1. The second-order valence-corrected chi connectivity index (χ2v) is 11.3. The topological polar surface area (TPSA) is 113 Å². The Labute approximate surface area is 174 Å². The molecule has 0 radical (unpaired) electrons. The van der Waals surface area contributed by atoms with Gasteiger partial charge in [0.25, 0.3) is 0 Å². The molecular formula is C19H31N3O5S2. The van der Waals surface area contributed by atoms with Crippen LogP contribution in [0.3, 0.4) is 0 Å². The number of nitrogens with zero attached hydrogens (tertiary/aromatic N) is 1. The molecule has 1 fully saturated rings. The molecule has 164 valence electrons. The van der Waals surface area contributed by atoms with E-state index in [0.717, 1.165) is 12.8 Å². The van der Waals surface area contributed by atoms with Crippen LogP contribution in [-0.4, -0.2) is 57.7 Å². The van der Waals surface area contributed by atoms with E-state index in [-0.39, 0.29) is 10.6 Å². The van der Waals surface area contributed by atoms with Gasteiger partial charge in [-0.25, -0.2) is 16.8 Å². The Morgan fingerprint density at radius 1 is 1.03 bits per heavy atom. The zero-order chi connectivity index (χ0) is 21.7. The van der Waals surface area contributed by atoms with E-state index in [1.165, 1.54) is 16.4 Å². The van der Waals surface area contributed by atoms with Crippen LogP contribution in [0.5, 0.6) is 0 Å². The van der Waals surface area contributed by atoms with Gasteiger partial charge in [-0.1, -0.05) is 26.7 Å².